The van der Waals surface area contributed by atoms with Crippen molar-refractivity contribution in [2.75, 3.05) is 6.61 Å². The summed E-state index contributed by atoms with van der Waals surface area (Å²) in [4.78, 5) is 11.2. The molecule has 0 rings (SSSR count). The Hall–Kier alpha value is -0.513. The highest BCUT2D eigenvalue weighted by Gasteiger charge is 2.29. The number of ether oxygens (including phenoxy) is 1. The van der Waals surface area contributed by atoms with Crippen molar-refractivity contribution in [3.63, 3.8) is 0 Å². The summed E-state index contributed by atoms with van der Waals surface area (Å²) in [7, 11) is -1.80. The number of carbonyl (C=O) groups is 1. The lowest BCUT2D eigenvalue weighted by Crippen LogP contribution is -2.35. The van der Waals surface area contributed by atoms with Crippen LogP contribution in [0.3, 0.4) is 0 Å². The average molecular weight is 218 g/mol. The number of carbonyl (C=O) groups excluding carboxylic acids is 1. The van der Waals surface area contributed by atoms with Gasteiger partial charge in [-0.15, -0.1) is 0 Å². The zero-order chi connectivity index (χ0) is 11.0. The fourth-order valence-electron chi connectivity index (χ4n) is 0.925. The molecule has 0 amide bonds. The third kappa shape index (κ3) is 5.27. The fourth-order valence-corrected chi connectivity index (χ4v) is 2.17. The van der Waals surface area contributed by atoms with Gasteiger partial charge in [0.2, 0.25) is 0 Å². The Labute approximate surface area is 87.9 Å². The summed E-state index contributed by atoms with van der Waals surface area (Å²) in [6, 6.07) is 1.90. The van der Waals surface area contributed by atoms with E-state index >= 15 is 0 Å². The van der Waals surface area contributed by atoms with Gasteiger partial charge in [0.05, 0.1) is 6.61 Å². The Morgan fingerprint density at radius 3 is 2.21 bits per heavy atom. The standard InChI is InChI=1S/C10H22O3Si/c1-5-8-9-12-10(11)13-14(4,6-2)7-3/h5-9H2,1-4H3. The largest absolute Gasteiger partial charge is 0.494 e. The Morgan fingerprint density at radius 2 is 1.79 bits per heavy atom. The van der Waals surface area contributed by atoms with Gasteiger partial charge < -0.3 is 9.16 Å². The maximum absolute atomic E-state index is 11.2. The maximum atomic E-state index is 11.2. The van der Waals surface area contributed by atoms with Crippen LogP contribution in [0, 0.1) is 0 Å². The normalized spacial score (nSPS) is 11.1. The lowest BCUT2D eigenvalue weighted by Gasteiger charge is -2.23. The van der Waals surface area contributed by atoms with E-state index in [0.717, 1.165) is 24.9 Å². The van der Waals surface area contributed by atoms with E-state index in [1.54, 1.807) is 0 Å². The zero-order valence-electron chi connectivity index (χ0n) is 9.76. The molecule has 0 saturated carbocycles. The van der Waals surface area contributed by atoms with Crippen LogP contribution in [0.25, 0.3) is 0 Å². The van der Waals surface area contributed by atoms with Gasteiger partial charge in [0, 0.05) is 0 Å². The predicted molar refractivity (Wildman–Crippen MR) is 59.9 cm³/mol. The predicted octanol–water partition coefficient (Wildman–Crippen LogP) is 3.55. The molecule has 0 aliphatic carbocycles. The van der Waals surface area contributed by atoms with Gasteiger partial charge in [-0.1, -0.05) is 27.2 Å². The molecule has 0 spiro atoms. The van der Waals surface area contributed by atoms with E-state index in [1.807, 2.05) is 0 Å². The average Bonchev–Trinajstić information content (AvgIpc) is 2.18. The van der Waals surface area contributed by atoms with Gasteiger partial charge in [-0.05, 0) is 25.1 Å². The van der Waals surface area contributed by atoms with Crippen molar-refractivity contribution in [1.82, 2.24) is 0 Å². The minimum absolute atomic E-state index is 0.476. The van der Waals surface area contributed by atoms with Crippen LogP contribution >= 0.6 is 0 Å². The minimum Gasteiger partial charge on any atom is -0.489 e. The number of unbranched alkanes of at least 4 members (excludes halogenated alkanes) is 1. The molecule has 4 heteroatoms. The molecular formula is C10H22O3Si. The molecule has 0 aromatic heterocycles. The lowest BCUT2D eigenvalue weighted by atomic mass is 10.4. The molecular weight excluding hydrogens is 196 g/mol. The summed E-state index contributed by atoms with van der Waals surface area (Å²) >= 11 is 0. The fraction of sp³-hybridized carbons (Fsp3) is 0.900. The lowest BCUT2D eigenvalue weighted by molar-refractivity contribution is 0.0948. The molecule has 0 aliphatic heterocycles. The first-order valence-corrected chi connectivity index (χ1v) is 8.26. The highest BCUT2D eigenvalue weighted by Crippen LogP contribution is 2.16. The second-order valence-corrected chi connectivity index (χ2v) is 8.23. The van der Waals surface area contributed by atoms with Crippen molar-refractivity contribution in [3.05, 3.63) is 0 Å². The van der Waals surface area contributed by atoms with Crippen LogP contribution in [-0.4, -0.2) is 21.1 Å². The van der Waals surface area contributed by atoms with Crippen LogP contribution in [0.4, 0.5) is 4.79 Å². The molecule has 14 heavy (non-hydrogen) atoms. The molecule has 0 radical (unpaired) electrons. The van der Waals surface area contributed by atoms with Gasteiger partial charge in [-0.3, -0.25) is 0 Å². The quantitative estimate of drug-likeness (QED) is 0.388. The van der Waals surface area contributed by atoms with Gasteiger partial charge in [-0.2, -0.15) is 0 Å². The highest BCUT2D eigenvalue weighted by atomic mass is 28.4. The number of rotatable bonds is 6. The van der Waals surface area contributed by atoms with E-state index in [4.69, 9.17) is 9.16 Å². The second-order valence-electron chi connectivity index (χ2n) is 3.71. The Morgan fingerprint density at radius 1 is 1.21 bits per heavy atom. The third-order valence-electron chi connectivity index (χ3n) is 2.54. The Kier molecular flexibility index (Phi) is 6.62. The number of hydrogen-bond acceptors (Lipinski definition) is 3. The zero-order valence-corrected chi connectivity index (χ0v) is 10.8. The van der Waals surface area contributed by atoms with Crippen molar-refractivity contribution in [2.45, 2.75) is 52.2 Å². The molecule has 0 aromatic rings. The van der Waals surface area contributed by atoms with Crippen molar-refractivity contribution in [3.8, 4) is 0 Å². The molecule has 3 nitrogen and oxygen atoms in total. The first kappa shape index (κ1) is 13.5. The molecule has 0 atom stereocenters. The van der Waals surface area contributed by atoms with Gasteiger partial charge >= 0.3 is 6.16 Å². The van der Waals surface area contributed by atoms with Gasteiger partial charge in [0.1, 0.15) is 0 Å². The van der Waals surface area contributed by atoms with Crippen molar-refractivity contribution >= 4 is 14.5 Å². The van der Waals surface area contributed by atoms with Crippen molar-refractivity contribution < 1.29 is 14.0 Å². The second kappa shape index (κ2) is 6.87. The molecule has 0 fully saturated rings. The molecule has 84 valence electrons. The van der Waals surface area contributed by atoms with E-state index < -0.39 is 14.5 Å². The van der Waals surface area contributed by atoms with Crippen LogP contribution in [0.15, 0.2) is 0 Å². The topological polar surface area (TPSA) is 35.5 Å². The summed E-state index contributed by atoms with van der Waals surface area (Å²) in [5.74, 6) is 0. The maximum Gasteiger partial charge on any atom is 0.494 e. The minimum atomic E-state index is -1.80. The van der Waals surface area contributed by atoms with Gasteiger partial charge in [0.25, 0.3) is 8.32 Å². The number of hydrogen-bond donors (Lipinski definition) is 0. The molecule has 0 N–H and O–H groups in total. The summed E-state index contributed by atoms with van der Waals surface area (Å²) in [6.45, 7) is 8.73. The molecule has 0 saturated heterocycles. The van der Waals surface area contributed by atoms with Crippen LogP contribution in [-0.2, 0) is 9.16 Å². The van der Waals surface area contributed by atoms with E-state index in [-0.39, 0.29) is 0 Å². The highest BCUT2D eigenvalue weighted by molar-refractivity contribution is 6.73. The summed E-state index contributed by atoms with van der Waals surface area (Å²) < 4.78 is 10.3. The van der Waals surface area contributed by atoms with Crippen LogP contribution in [0.1, 0.15) is 33.6 Å². The summed E-state index contributed by atoms with van der Waals surface area (Å²) in [5, 5.41) is 0. The van der Waals surface area contributed by atoms with Crippen molar-refractivity contribution in [2.24, 2.45) is 0 Å². The Bertz CT molecular complexity index is 167. The third-order valence-corrected chi connectivity index (χ3v) is 6.19. The summed E-state index contributed by atoms with van der Waals surface area (Å²) in [6.07, 6.45) is 1.46. The monoisotopic (exact) mass is 218 g/mol. The first-order valence-electron chi connectivity index (χ1n) is 5.43. The van der Waals surface area contributed by atoms with Crippen LogP contribution in [0.5, 0.6) is 0 Å². The molecule has 0 aliphatic rings. The summed E-state index contributed by atoms with van der Waals surface area (Å²) in [5.41, 5.74) is 0. The van der Waals surface area contributed by atoms with Crippen molar-refractivity contribution in [1.29, 1.82) is 0 Å². The molecule has 0 unspecified atom stereocenters. The Balaban J connectivity index is 3.80. The van der Waals surface area contributed by atoms with Crippen LogP contribution < -0.4 is 0 Å². The van der Waals surface area contributed by atoms with Gasteiger partial charge in [0.15, 0.2) is 0 Å². The SMILES string of the molecule is CCCCOC(=O)O[Si](C)(CC)CC. The van der Waals surface area contributed by atoms with E-state index in [1.165, 1.54) is 0 Å². The molecule has 0 aromatic carbocycles. The molecule has 0 bridgehead atoms. The molecule has 0 heterocycles. The first-order chi connectivity index (χ1) is 6.58. The van der Waals surface area contributed by atoms with Crippen LogP contribution in [0.2, 0.25) is 18.6 Å². The van der Waals surface area contributed by atoms with E-state index in [0.29, 0.717) is 6.61 Å². The van der Waals surface area contributed by atoms with E-state index in [2.05, 4.69) is 27.3 Å². The smallest absolute Gasteiger partial charge is 0.489 e. The van der Waals surface area contributed by atoms with Gasteiger partial charge in [-0.25, -0.2) is 4.79 Å². The van der Waals surface area contributed by atoms with E-state index in [9.17, 15) is 4.79 Å².